The molecule has 3 aromatic rings. The van der Waals surface area contributed by atoms with Gasteiger partial charge in [0, 0.05) is 17.5 Å². The lowest BCUT2D eigenvalue weighted by molar-refractivity contribution is -0.148. The van der Waals surface area contributed by atoms with Crippen molar-refractivity contribution in [1.82, 2.24) is 15.0 Å². The molecule has 0 N–H and O–H groups in total. The highest BCUT2D eigenvalue weighted by Crippen LogP contribution is 2.49. The van der Waals surface area contributed by atoms with Gasteiger partial charge in [-0.25, -0.2) is 0 Å². The molecule has 184 valence electrons. The maximum atomic E-state index is 12.6. The van der Waals surface area contributed by atoms with Crippen LogP contribution in [-0.2, 0) is 20.7 Å². The van der Waals surface area contributed by atoms with E-state index in [-0.39, 0.29) is 37.1 Å². The summed E-state index contributed by atoms with van der Waals surface area (Å²) in [7, 11) is 0. The van der Waals surface area contributed by atoms with E-state index in [1.54, 1.807) is 30.0 Å². The largest absolute Gasteiger partial charge is 0.490 e. The number of aromatic nitrogens is 2. The Bertz CT molecular complexity index is 1370. The summed E-state index contributed by atoms with van der Waals surface area (Å²) in [6, 6.07) is 13.0. The Labute approximate surface area is 208 Å². The van der Waals surface area contributed by atoms with E-state index >= 15 is 0 Å². The third-order valence-electron chi connectivity index (χ3n) is 6.52. The highest BCUT2D eigenvalue weighted by Gasteiger charge is 2.47. The zero-order chi connectivity index (χ0) is 25.4. The van der Waals surface area contributed by atoms with Gasteiger partial charge in [-0.05, 0) is 62.4 Å². The number of carbonyl (C=O) groups excluding carboxylic acids is 2. The smallest absolute Gasteiger partial charge is 0.325 e. The van der Waals surface area contributed by atoms with Crippen LogP contribution in [0.15, 0.2) is 40.9 Å². The number of likely N-dealkylation sites (tertiary alicyclic amines) is 1. The number of hydrogen-bond acceptors (Lipinski definition) is 8. The van der Waals surface area contributed by atoms with Gasteiger partial charge in [0.25, 0.3) is 5.89 Å². The lowest BCUT2D eigenvalue weighted by atomic mass is 10.0. The molecule has 9 heteroatoms. The monoisotopic (exact) mass is 486 g/mol. The SMILES string of the molecule is CCOC(=O)CN1C(=O)CC2Cc3c(-c4noc(-c5ccc(OC(C)C)c(C#N)c5)n4)cccc3C21. The molecule has 1 fully saturated rings. The molecule has 0 saturated carbocycles. The van der Waals surface area contributed by atoms with E-state index in [1.165, 1.54) is 0 Å². The van der Waals surface area contributed by atoms with Gasteiger partial charge in [-0.1, -0.05) is 23.4 Å². The molecule has 2 aromatic carbocycles. The van der Waals surface area contributed by atoms with Gasteiger partial charge in [-0.3, -0.25) is 9.59 Å². The molecule has 0 spiro atoms. The highest BCUT2D eigenvalue weighted by atomic mass is 16.5. The topological polar surface area (TPSA) is 119 Å². The molecule has 1 aliphatic carbocycles. The van der Waals surface area contributed by atoms with E-state index in [0.29, 0.717) is 41.4 Å². The second kappa shape index (κ2) is 9.46. The number of fused-ring (bicyclic) bond motifs is 3. The minimum absolute atomic E-state index is 0.0332. The maximum absolute atomic E-state index is 12.6. The molecule has 1 aliphatic heterocycles. The molecule has 1 saturated heterocycles. The number of nitrogens with zero attached hydrogens (tertiary/aromatic N) is 4. The average molecular weight is 487 g/mol. The summed E-state index contributed by atoms with van der Waals surface area (Å²) in [6.07, 6.45) is 1.02. The zero-order valence-electron chi connectivity index (χ0n) is 20.4. The van der Waals surface area contributed by atoms with Gasteiger partial charge in [-0.15, -0.1) is 0 Å². The van der Waals surface area contributed by atoms with Crippen LogP contribution >= 0.6 is 0 Å². The van der Waals surface area contributed by atoms with Crippen LogP contribution < -0.4 is 4.74 Å². The predicted molar refractivity (Wildman–Crippen MR) is 129 cm³/mol. The molecule has 5 rings (SSSR count). The van der Waals surface area contributed by atoms with E-state index < -0.39 is 5.97 Å². The lowest BCUT2D eigenvalue weighted by Gasteiger charge is -2.24. The molecule has 2 heterocycles. The van der Waals surface area contributed by atoms with Gasteiger partial charge in [0.2, 0.25) is 11.7 Å². The number of rotatable bonds is 7. The third-order valence-corrected chi connectivity index (χ3v) is 6.52. The molecule has 2 unspecified atom stereocenters. The van der Waals surface area contributed by atoms with Crippen molar-refractivity contribution < 1.29 is 23.6 Å². The number of nitriles is 1. The molecule has 2 aliphatic rings. The first kappa shape index (κ1) is 23.5. The molecular formula is C27H26N4O5. The molecule has 36 heavy (non-hydrogen) atoms. The predicted octanol–water partition coefficient (Wildman–Crippen LogP) is 4.07. The molecule has 1 amide bonds. The maximum Gasteiger partial charge on any atom is 0.325 e. The van der Waals surface area contributed by atoms with E-state index in [9.17, 15) is 14.9 Å². The van der Waals surface area contributed by atoms with Gasteiger partial charge in [0.05, 0.1) is 24.3 Å². The quantitative estimate of drug-likeness (QED) is 0.459. The van der Waals surface area contributed by atoms with Crippen LogP contribution in [0.3, 0.4) is 0 Å². The van der Waals surface area contributed by atoms with Crippen LogP contribution in [0.25, 0.3) is 22.8 Å². The van der Waals surface area contributed by atoms with Crippen molar-refractivity contribution in [2.75, 3.05) is 13.2 Å². The number of ether oxygens (including phenoxy) is 2. The minimum Gasteiger partial charge on any atom is -0.490 e. The van der Waals surface area contributed by atoms with Crippen molar-refractivity contribution in [2.45, 2.75) is 45.8 Å². The minimum atomic E-state index is -0.402. The highest BCUT2D eigenvalue weighted by molar-refractivity contribution is 5.85. The summed E-state index contributed by atoms with van der Waals surface area (Å²) in [4.78, 5) is 31.0. The van der Waals surface area contributed by atoms with Crippen molar-refractivity contribution in [2.24, 2.45) is 5.92 Å². The fraction of sp³-hybridized carbons (Fsp3) is 0.370. The summed E-state index contributed by atoms with van der Waals surface area (Å²) in [5.74, 6) is 0.889. The standard InChI is InChI=1S/C27H26N4O5/c1-4-34-24(33)14-31-23(32)12-17-11-21-19(25(17)31)6-5-7-20(21)26-29-27(36-30-26)16-8-9-22(35-15(2)3)18(10-16)13-28/h5-10,15,17,25H,4,11-12,14H2,1-3H3. The molecule has 0 bridgehead atoms. The van der Waals surface area contributed by atoms with Crippen LogP contribution in [0.1, 0.15) is 49.9 Å². The number of carbonyl (C=O) groups is 2. The van der Waals surface area contributed by atoms with E-state index in [2.05, 4.69) is 16.2 Å². The first-order chi connectivity index (χ1) is 17.4. The van der Waals surface area contributed by atoms with Crippen LogP contribution in [0.4, 0.5) is 0 Å². The number of esters is 1. The Morgan fingerprint density at radius 3 is 2.86 bits per heavy atom. The van der Waals surface area contributed by atoms with Gasteiger partial charge in [0.15, 0.2) is 0 Å². The summed E-state index contributed by atoms with van der Waals surface area (Å²) >= 11 is 0. The van der Waals surface area contributed by atoms with Crippen molar-refractivity contribution in [3.63, 3.8) is 0 Å². The number of amides is 1. The van der Waals surface area contributed by atoms with Crippen molar-refractivity contribution in [1.29, 1.82) is 5.26 Å². The number of hydrogen-bond donors (Lipinski definition) is 0. The average Bonchev–Trinajstić information content (AvgIpc) is 3.54. The molecule has 2 atom stereocenters. The van der Waals surface area contributed by atoms with E-state index in [0.717, 1.165) is 16.7 Å². The van der Waals surface area contributed by atoms with Crippen molar-refractivity contribution in [3.8, 4) is 34.7 Å². The Morgan fingerprint density at radius 1 is 1.28 bits per heavy atom. The Hall–Kier alpha value is -4.19. The van der Waals surface area contributed by atoms with Crippen LogP contribution in [0.5, 0.6) is 5.75 Å². The van der Waals surface area contributed by atoms with Crippen molar-refractivity contribution >= 4 is 11.9 Å². The summed E-state index contributed by atoms with van der Waals surface area (Å²) in [5, 5.41) is 13.8. The van der Waals surface area contributed by atoms with E-state index in [1.807, 2.05) is 32.0 Å². The second-order valence-electron chi connectivity index (χ2n) is 9.23. The lowest BCUT2D eigenvalue weighted by Crippen LogP contribution is -2.34. The van der Waals surface area contributed by atoms with Gasteiger partial charge >= 0.3 is 5.97 Å². The van der Waals surface area contributed by atoms with Gasteiger partial charge in [-0.2, -0.15) is 10.2 Å². The fourth-order valence-electron chi connectivity index (χ4n) is 5.14. The molecular weight excluding hydrogens is 460 g/mol. The fourth-order valence-corrected chi connectivity index (χ4v) is 5.14. The third kappa shape index (κ3) is 4.19. The van der Waals surface area contributed by atoms with Crippen LogP contribution in [-0.4, -0.2) is 46.2 Å². The molecule has 0 radical (unpaired) electrons. The Balaban J connectivity index is 1.44. The van der Waals surface area contributed by atoms with Crippen molar-refractivity contribution in [3.05, 3.63) is 53.1 Å². The van der Waals surface area contributed by atoms with Crippen LogP contribution in [0.2, 0.25) is 0 Å². The first-order valence-corrected chi connectivity index (χ1v) is 12.0. The first-order valence-electron chi connectivity index (χ1n) is 12.0. The van der Waals surface area contributed by atoms with Gasteiger partial charge < -0.3 is 18.9 Å². The number of benzene rings is 2. The zero-order valence-corrected chi connectivity index (χ0v) is 20.4. The van der Waals surface area contributed by atoms with Crippen LogP contribution in [0, 0.1) is 17.2 Å². The van der Waals surface area contributed by atoms with Gasteiger partial charge in [0.1, 0.15) is 18.4 Å². The Morgan fingerprint density at radius 2 is 2.11 bits per heavy atom. The summed E-state index contributed by atoms with van der Waals surface area (Å²) in [6.45, 7) is 5.77. The normalized spacial score (nSPS) is 18.2. The second-order valence-corrected chi connectivity index (χ2v) is 9.23. The molecule has 9 nitrogen and oxygen atoms in total. The van der Waals surface area contributed by atoms with E-state index in [4.69, 9.17) is 14.0 Å². The molecule has 1 aromatic heterocycles. The summed E-state index contributed by atoms with van der Waals surface area (Å²) in [5.41, 5.74) is 3.90. The summed E-state index contributed by atoms with van der Waals surface area (Å²) < 4.78 is 16.3. The Kier molecular flexibility index (Phi) is 6.18.